The van der Waals surface area contributed by atoms with E-state index in [2.05, 4.69) is 0 Å². The molecule has 0 aromatic carbocycles. The maximum absolute atomic E-state index is 12.4. The van der Waals surface area contributed by atoms with Gasteiger partial charge in [0.1, 0.15) is 0 Å². The van der Waals surface area contributed by atoms with Crippen molar-refractivity contribution in [1.29, 1.82) is 0 Å². The quantitative estimate of drug-likeness (QED) is 0.682. The van der Waals surface area contributed by atoms with E-state index in [4.69, 9.17) is 9.05 Å². The zero-order chi connectivity index (χ0) is 11.3. The van der Waals surface area contributed by atoms with Crippen LogP contribution in [0.1, 0.15) is 20.8 Å². The Morgan fingerprint density at radius 3 is 2.33 bits per heavy atom. The lowest BCUT2D eigenvalue weighted by molar-refractivity contribution is 0.177. The van der Waals surface area contributed by atoms with E-state index in [1.165, 1.54) is 0 Å². The molecule has 0 fully saturated rings. The van der Waals surface area contributed by atoms with E-state index in [9.17, 15) is 4.57 Å². The molecule has 86 valence electrons. The van der Waals surface area contributed by atoms with Crippen LogP contribution >= 0.6 is 7.75 Å². The maximum atomic E-state index is 12.4. The van der Waals surface area contributed by atoms with Crippen molar-refractivity contribution in [3.05, 3.63) is 24.4 Å². The van der Waals surface area contributed by atoms with E-state index in [1.54, 1.807) is 24.7 Å². The van der Waals surface area contributed by atoms with Gasteiger partial charge in [-0.3, -0.25) is 13.7 Å². The van der Waals surface area contributed by atoms with Crippen LogP contribution in [0.4, 0.5) is 0 Å². The predicted molar refractivity (Wildman–Crippen MR) is 60.4 cm³/mol. The van der Waals surface area contributed by atoms with Crippen molar-refractivity contribution in [2.75, 3.05) is 13.2 Å². The third kappa shape index (κ3) is 2.94. The first-order valence-corrected chi connectivity index (χ1v) is 6.66. The van der Waals surface area contributed by atoms with Crippen LogP contribution in [-0.4, -0.2) is 23.9 Å². The van der Waals surface area contributed by atoms with Crippen LogP contribution < -0.4 is 0 Å². The Hall–Kier alpha value is -0.570. The molecule has 4 nitrogen and oxygen atoms in total. The monoisotopic (exact) mass is 231 g/mol. The second-order valence-corrected chi connectivity index (χ2v) is 5.07. The van der Waals surface area contributed by atoms with Crippen molar-refractivity contribution in [2.24, 2.45) is 0 Å². The molecule has 1 atom stereocenters. The summed E-state index contributed by atoms with van der Waals surface area (Å²) in [5.41, 5.74) is 0. The summed E-state index contributed by atoms with van der Waals surface area (Å²) in [5.74, 6) is 0. The van der Waals surface area contributed by atoms with E-state index in [0.29, 0.717) is 13.2 Å². The largest absolute Gasteiger partial charge is 0.435 e. The average molecular weight is 231 g/mol. The van der Waals surface area contributed by atoms with Crippen LogP contribution in [0.3, 0.4) is 0 Å². The fraction of sp³-hybridized carbons (Fsp3) is 0.600. The molecule has 0 aromatic heterocycles. The molecular formula is C10H18NO3P. The summed E-state index contributed by atoms with van der Waals surface area (Å²) < 4.78 is 24.5. The Balaban J connectivity index is 2.84. The summed E-state index contributed by atoms with van der Waals surface area (Å²) >= 11 is 0. The molecule has 0 N–H and O–H groups in total. The van der Waals surface area contributed by atoms with Gasteiger partial charge in [-0.2, -0.15) is 0 Å². The molecule has 5 heteroatoms. The van der Waals surface area contributed by atoms with Crippen LogP contribution in [-0.2, 0) is 13.6 Å². The van der Waals surface area contributed by atoms with Gasteiger partial charge in [-0.1, -0.05) is 12.2 Å². The van der Waals surface area contributed by atoms with Crippen LogP contribution in [0.2, 0.25) is 0 Å². The SMILES string of the molecule is CCOP(=O)(OCC)N1C=CC=CC1C. The smallest absolute Gasteiger partial charge is 0.292 e. The highest BCUT2D eigenvalue weighted by Crippen LogP contribution is 2.53. The van der Waals surface area contributed by atoms with Gasteiger partial charge in [0, 0.05) is 6.20 Å². The van der Waals surface area contributed by atoms with Crippen LogP contribution in [0.25, 0.3) is 0 Å². The molecule has 0 radical (unpaired) electrons. The summed E-state index contributed by atoms with van der Waals surface area (Å²) in [6.45, 7) is 6.31. The third-order valence-electron chi connectivity index (χ3n) is 2.02. The van der Waals surface area contributed by atoms with Gasteiger partial charge in [-0.25, -0.2) is 4.57 Å². The molecule has 0 saturated heterocycles. The summed E-state index contributed by atoms with van der Waals surface area (Å²) in [4.78, 5) is 0. The Labute approximate surface area is 91.1 Å². The van der Waals surface area contributed by atoms with Gasteiger partial charge in [0.05, 0.1) is 19.3 Å². The average Bonchev–Trinajstić information content (AvgIpc) is 2.19. The van der Waals surface area contributed by atoms with Gasteiger partial charge in [-0.05, 0) is 26.8 Å². The number of hydrogen-bond donors (Lipinski definition) is 0. The number of allylic oxidation sites excluding steroid dienone is 2. The zero-order valence-corrected chi connectivity index (χ0v) is 10.3. The van der Waals surface area contributed by atoms with Gasteiger partial charge in [0.15, 0.2) is 0 Å². The molecule has 1 aliphatic heterocycles. The van der Waals surface area contributed by atoms with Crippen molar-refractivity contribution >= 4 is 7.75 Å². The van der Waals surface area contributed by atoms with Gasteiger partial charge in [0.2, 0.25) is 0 Å². The number of hydrogen-bond acceptors (Lipinski definition) is 3. The van der Waals surface area contributed by atoms with Crippen molar-refractivity contribution < 1.29 is 13.6 Å². The second kappa shape index (κ2) is 5.50. The predicted octanol–water partition coefficient (Wildman–Crippen LogP) is 2.94. The molecule has 1 unspecified atom stereocenters. The minimum Gasteiger partial charge on any atom is -0.292 e. The molecular weight excluding hydrogens is 213 g/mol. The lowest BCUT2D eigenvalue weighted by Gasteiger charge is -2.33. The highest BCUT2D eigenvalue weighted by molar-refractivity contribution is 7.51. The summed E-state index contributed by atoms with van der Waals surface area (Å²) in [5, 5.41) is 0. The minimum absolute atomic E-state index is 0.0268. The highest BCUT2D eigenvalue weighted by atomic mass is 31.2. The molecule has 1 rings (SSSR count). The van der Waals surface area contributed by atoms with Crippen molar-refractivity contribution in [3.8, 4) is 0 Å². The normalized spacial score (nSPS) is 21.0. The first-order chi connectivity index (χ1) is 7.14. The third-order valence-corrected chi connectivity index (χ3v) is 4.26. The van der Waals surface area contributed by atoms with E-state index in [-0.39, 0.29) is 6.04 Å². The Bertz CT molecular complexity index is 291. The topological polar surface area (TPSA) is 38.8 Å². The maximum Gasteiger partial charge on any atom is 0.435 e. The Morgan fingerprint density at radius 1 is 1.27 bits per heavy atom. The van der Waals surface area contributed by atoms with Gasteiger partial charge in [-0.15, -0.1) is 0 Å². The van der Waals surface area contributed by atoms with Gasteiger partial charge in [0.25, 0.3) is 0 Å². The molecule has 0 saturated carbocycles. The molecule has 0 spiro atoms. The Morgan fingerprint density at radius 2 is 1.87 bits per heavy atom. The zero-order valence-electron chi connectivity index (χ0n) is 9.42. The molecule has 15 heavy (non-hydrogen) atoms. The summed E-state index contributed by atoms with van der Waals surface area (Å²) in [6, 6.07) is 0.0268. The first-order valence-electron chi connectivity index (χ1n) is 5.17. The molecule has 0 aromatic rings. The number of rotatable bonds is 5. The lowest BCUT2D eigenvalue weighted by Crippen LogP contribution is -2.27. The van der Waals surface area contributed by atoms with Crippen molar-refractivity contribution in [3.63, 3.8) is 0 Å². The van der Waals surface area contributed by atoms with E-state index in [0.717, 1.165) is 0 Å². The molecule has 0 aliphatic carbocycles. The van der Waals surface area contributed by atoms with E-state index >= 15 is 0 Å². The van der Waals surface area contributed by atoms with E-state index in [1.807, 2.05) is 25.2 Å². The van der Waals surface area contributed by atoms with Crippen LogP contribution in [0.15, 0.2) is 24.4 Å². The fourth-order valence-corrected chi connectivity index (χ4v) is 3.15. The summed E-state index contributed by atoms with van der Waals surface area (Å²) in [6.07, 6.45) is 7.44. The number of nitrogens with zero attached hydrogens (tertiary/aromatic N) is 1. The highest BCUT2D eigenvalue weighted by Gasteiger charge is 2.33. The Kier molecular flexibility index (Phi) is 4.58. The molecule has 0 amide bonds. The van der Waals surface area contributed by atoms with Crippen LogP contribution in [0, 0.1) is 0 Å². The van der Waals surface area contributed by atoms with Gasteiger partial charge < -0.3 is 0 Å². The van der Waals surface area contributed by atoms with Crippen molar-refractivity contribution in [2.45, 2.75) is 26.8 Å². The molecule has 1 heterocycles. The standard InChI is InChI=1S/C10H18NO3P/c1-4-13-15(12,14-5-2)11-9-7-6-8-10(11)3/h6-10H,4-5H2,1-3H3. The minimum atomic E-state index is -3.16. The van der Waals surface area contributed by atoms with Crippen LogP contribution in [0.5, 0.6) is 0 Å². The molecule has 1 aliphatic rings. The fourth-order valence-electron chi connectivity index (χ4n) is 1.39. The lowest BCUT2D eigenvalue weighted by atomic mass is 10.2. The second-order valence-electron chi connectivity index (χ2n) is 3.15. The first kappa shape index (κ1) is 12.5. The van der Waals surface area contributed by atoms with E-state index < -0.39 is 7.75 Å². The molecule has 0 bridgehead atoms. The van der Waals surface area contributed by atoms with Gasteiger partial charge >= 0.3 is 7.75 Å². The van der Waals surface area contributed by atoms with Crippen molar-refractivity contribution in [1.82, 2.24) is 4.67 Å². The summed E-state index contributed by atoms with van der Waals surface area (Å²) in [7, 11) is -3.16.